The molecule has 1 aliphatic rings. The summed E-state index contributed by atoms with van der Waals surface area (Å²) in [5.74, 6) is -0.152. The summed E-state index contributed by atoms with van der Waals surface area (Å²) in [5.41, 5.74) is 1.40. The van der Waals surface area contributed by atoms with Crippen LogP contribution >= 0.6 is 35.6 Å². The quantitative estimate of drug-likeness (QED) is 0.614. The second-order valence-electron chi connectivity index (χ2n) is 6.14. The van der Waals surface area contributed by atoms with Crippen molar-refractivity contribution >= 4 is 35.6 Å². The summed E-state index contributed by atoms with van der Waals surface area (Å²) in [5, 5.41) is 7.93. The highest BCUT2D eigenvalue weighted by Gasteiger charge is 2.25. The molecule has 0 radical (unpaired) electrons. The molecule has 1 saturated heterocycles. The van der Waals surface area contributed by atoms with Crippen LogP contribution in [0.1, 0.15) is 18.1 Å². The average molecular weight is 460 g/mol. The zero-order valence-electron chi connectivity index (χ0n) is 14.9. The largest absolute Gasteiger partial charge is 0.446 e. The number of nitrogens with zero attached hydrogens (tertiary/aromatic N) is 2. The number of rotatable bonds is 4. The number of aromatic nitrogens is 3. The third-order valence-electron chi connectivity index (χ3n) is 4.24. The van der Waals surface area contributed by atoms with E-state index in [1.807, 2.05) is 6.07 Å². The minimum atomic E-state index is -0.656. The first kappa shape index (κ1) is 21.6. The molecule has 1 fully saturated rings. The van der Waals surface area contributed by atoms with Gasteiger partial charge in [-0.1, -0.05) is 34.4 Å². The number of H-pyrrole nitrogens is 1. The second-order valence-corrected chi connectivity index (χ2v) is 6.95. The number of nitrogens with one attached hydrogen (secondary N) is 2. The van der Waals surface area contributed by atoms with E-state index in [1.165, 1.54) is 0 Å². The fraction of sp³-hybridized carbons (Fsp3) is 0.278. The van der Waals surface area contributed by atoms with Crippen molar-refractivity contribution in [3.8, 4) is 17.3 Å². The Labute approximate surface area is 181 Å². The van der Waals surface area contributed by atoms with Crippen LogP contribution < -0.4 is 15.8 Å². The molecule has 1 unspecified atom stereocenters. The van der Waals surface area contributed by atoms with E-state index in [9.17, 15) is 4.79 Å². The van der Waals surface area contributed by atoms with Gasteiger partial charge in [-0.2, -0.15) is 0 Å². The molecule has 8 nitrogen and oxygen atoms in total. The van der Waals surface area contributed by atoms with E-state index in [-0.39, 0.29) is 30.2 Å². The highest BCUT2D eigenvalue weighted by molar-refractivity contribution is 6.42. The van der Waals surface area contributed by atoms with Gasteiger partial charge in [-0.05, 0) is 42.8 Å². The summed E-state index contributed by atoms with van der Waals surface area (Å²) >= 11 is 12.1. The summed E-state index contributed by atoms with van der Waals surface area (Å²) in [6.07, 6.45) is 1.48. The smallest absolute Gasteiger partial charge is 0.439 e. The Morgan fingerprint density at radius 3 is 2.83 bits per heavy atom. The lowest BCUT2D eigenvalue weighted by Gasteiger charge is -2.23. The molecule has 11 heteroatoms. The maximum atomic E-state index is 11.3. The van der Waals surface area contributed by atoms with E-state index in [2.05, 4.69) is 25.0 Å². The average Bonchev–Trinajstić information content (AvgIpc) is 2.99. The number of benzene rings is 1. The maximum absolute atomic E-state index is 11.3. The minimum Gasteiger partial charge on any atom is -0.446 e. The molecule has 4 rings (SSSR count). The molecule has 154 valence electrons. The molecule has 0 saturated carbocycles. The summed E-state index contributed by atoms with van der Waals surface area (Å²) < 4.78 is 16.7. The van der Waals surface area contributed by atoms with Crippen LogP contribution in [-0.2, 0) is 4.74 Å². The van der Waals surface area contributed by atoms with Gasteiger partial charge in [0.25, 0.3) is 0 Å². The van der Waals surface area contributed by atoms with Crippen molar-refractivity contribution in [3.05, 3.63) is 62.7 Å². The Hall–Kier alpha value is -2.10. The molecule has 0 aliphatic carbocycles. The van der Waals surface area contributed by atoms with Crippen LogP contribution in [0, 0.1) is 0 Å². The third kappa shape index (κ3) is 5.09. The Bertz CT molecular complexity index is 1030. The fourth-order valence-electron chi connectivity index (χ4n) is 2.92. The van der Waals surface area contributed by atoms with Crippen LogP contribution in [0.3, 0.4) is 0 Å². The SMILES string of the molecule is Cl.O=c1[nH]c(-c2cccnc2OC2CNCC[C@@H](c3ccc(Cl)c(Cl)c3)O2)no1. The van der Waals surface area contributed by atoms with Crippen LogP contribution in [0.15, 0.2) is 45.8 Å². The van der Waals surface area contributed by atoms with Crippen molar-refractivity contribution in [1.82, 2.24) is 20.4 Å². The molecule has 0 spiro atoms. The monoisotopic (exact) mass is 458 g/mol. The molecule has 29 heavy (non-hydrogen) atoms. The Morgan fingerprint density at radius 1 is 1.21 bits per heavy atom. The van der Waals surface area contributed by atoms with E-state index in [0.717, 1.165) is 18.5 Å². The van der Waals surface area contributed by atoms with E-state index in [4.69, 9.17) is 32.7 Å². The van der Waals surface area contributed by atoms with Crippen molar-refractivity contribution in [2.24, 2.45) is 0 Å². The van der Waals surface area contributed by atoms with Gasteiger partial charge in [0.2, 0.25) is 12.2 Å². The van der Waals surface area contributed by atoms with Gasteiger partial charge in [0, 0.05) is 6.20 Å². The fourth-order valence-corrected chi connectivity index (χ4v) is 3.22. The summed E-state index contributed by atoms with van der Waals surface area (Å²) in [6, 6.07) is 8.85. The predicted molar refractivity (Wildman–Crippen MR) is 110 cm³/mol. The van der Waals surface area contributed by atoms with Gasteiger partial charge in [-0.15, -0.1) is 12.4 Å². The normalized spacial score (nSPS) is 19.2. The van der Waals surface area contributed by atoms with Crippen molar-refractivity contribution in [1.29, 1.82) is 0 Å². The Kier molecular flexibility index (Phi) is 7.15. The zero-order valence-corrected chi connectivity index (χ0v) is 17.3. The van der Waals surface area contributed by atoms with Crippen LogP contribution in [0.4, 0.5) is 0 Å². The van der Waals surface area contributed by atoms with E-state index in [0.29, 0.717) is 22.2 Å². The van der Waals surface area contributed by atoms with Gasteiger partial charge >= 0.3 is 5.76 Å². The van der Waals surface area contributed by atoms with E-state index >= 15 is 0 Å². The van der Waals surface area contributed by atoms with Crippen LogP contribution in [0.25, 0.3) is 11.4 Å². The summed E-state index contributed by atoms with van der Waals surface area (Å²) in [7, 11) is 0. The highest BCUT2D eigenvalue weighted by atomic mass is 35.5. The molecule has 3 heterocycles. The molecule has 1 aromatic carbocycles. The first-order chi connectivity index (χ1) is 13.6. The van der Waals surface area contributed by atoms with E-state index < -0.39 is 12.0 Å². The topological polar surface area (TPSA) is 102 Å². The lowest BCUT2D eigenvalue weighted by atomic mass is 10.1. The standard InChI is InChI=1S/C18H16Cl2N4O4.ClH/c19-12-4-3-10(8-13(12)20)14-5-7-21-9-15(26-14)27-17-11(2-1-6-22-17)16-23-18(25)28-24-16;/h1-4,6,8,14-15,21H,5,7,9H2,(H,23,24,25);1H/t14-,15?;/m0./s1. The molecule has 2 N–H and O–H groups in total. The second kappa shape index (κ2) is 9.60. The lowest BCUT2D eigenvalue weighted by Crippen LogP contribution is -2.31. The molecule has 0 amide bonds. The molecular weight excluding hydrogens is 443 g/mol. The van der Waals surface area contributed by atoms with Crippen molar-refractivity contribution in [3.63, 3.8) is 0 Å². The van der Waals surface area contributed by atoms with Gasteiger partial charge in [-0.3, -0.25) is 9.51 Å². The number of aromatic amines is 1. The summed E-state index contributed by atoms with van der Waals surface area (Å²) in [4.78, 5) is 18.0. The number of hydrogen-bond donors (Lipinski definition) is 2. The van der Waals surface area contributed by atoms with Gasteiger partial charge in [0.15, 0.2) is 5.82 Å². The van der Waals surface area contributed by atoms with Crippen LogP contribution in [-0.4, -0.2) is 34.5 Å². The number of ether oxygens (including phenoxy) is 2. The van der Waals surface area contributed by atoms with Gasteiger partial charge < -0.3 is 14.8 Å². The molecular formula is C18H17Cl3N4O4. The highest BCUT2D eigenvalue weighted by Crippen LogP contribution is 2.31. The molecule has 2 atom stereocenters. The Morgan fingerprint density at radius 2 is 2.07 bits per heavy atom. The van der Waals surface area contributed by atoms with E-state index in [1.54, 1.807) is 30.5 Å². The maximum Gasteiger partial charge on any atom is 0.439 e. The third-order valence-corrected chi connectivity index (χ3v) is 4.97. The lowest BCUT2D eigenvalue weighted by molar-refractivity contribution is -0.112. The molecule has 2 aromatic heterocycles. The first-order valence-electron chi connectivity index (χ1n) is 8.59. The van der Waals surface area contributed by atoms with Crippen LogP contribution in [0.5, 0.6) is 5.88 Å². The predicted octanol–water partition coefficient (Wildman–Crippen LogP) is 3.61. The number of hydrogen-bond acceptors (Lipinski definition) is 7. The van der Waals surface area contributed by atoms with Crippen molar-refractivity contribution < 1.29 is 14.0 Å². The molecule has 1 aliphatic heterocycles. The van der Waals surface area contributed by atoms with Gasteiger partial charge in [-0.25, -0.2) is 9.78 Å². The molecule has 0 bridgehead atoms. The minimum absolute atomic E-state index is 0. The van der Waals surface area contributed by atoms with Gasteiger partial charge in [0.05, 0.1) is 28.3 Å². The zero-order chi connectivity index (χ0) is 19.5. The van der Waals surface area contributed by atoms with Crippen molar-refractivity contribution in [2.45, 2.75) is 18.8 Å². The van der Waals surface area contributed by atoms with Crippen molar-refractivity contribution in [2.75, 3.05) is 13.1 Å². The first-order valence-corrected chi connectivity index (χ1v) is 9.35. The van der Waals surface area contributed by atoms with Gasteiger partial charge in [0.1, 0.15) is 0 Å². The number of pyridine rings is 1. The summed E-state index contributed by atoms with van der Waals surface area (Å²) in [6.45, 7) is 1.21. The Balaban J connectivity index is 0.00000240. The van der Waals surface area contributed by atoms with Crippen LogP contribution in [0.2, 0.25) is 10.0 Å². The number of halogens is 3. The molecule has 3 aromatic rings.